The lowest BCUT2D eigenvalue weighted by Crippen LogP contribution is -2.21. The van der Waals surface area contributed by atoms with Crippen LogP contribution in [0.2, 0.25) is 0 Å². The standard InChI is InChI=1S/C12H15N/c1-9-3-2-4-12(5-9)13-7-10-6-11(10)8-13/h2-5,10-11H,6-8H2,1H3. The number of hydrogen-bond donors (Lipinski definition) is 0. The van der Waals surface area contributed by atoms with E-state index in [-0.39, 0.29) is 0 Å². The molecule has 1 aromatic rings. The van der Waals surface area contributed by atoms with Crippen molar-refractivity contribution in [3.8, 4) is 0 Å². The first-order valence-corrected chi connectivity index (χ1v) is 5.14. The third kappa shape index (κ3) is 1.23. The van der Waals surface area contributed by atoms with Gasteiger partial charge in [-0.1, -0.05) is 12.1 Å². The molecule has 0 spiro atoms. The molecule has 0 amide bonds. The summed E-state index contributed by atoms with van der Waals surface area (Å²) in [6.45, 7) is 4.77. The van der Waals surface area contributed by atoms with E-state index < -0.39 is 0 Å². The van der Waals surface area contributed by atoms with Crippen molar-refractivity contribution in [3.05, 3.63) is 29.8 Å². The maximum absolute atomic E-state index is 2.53. The van der Waals surface area contributed by atoms with Gasteiger partial charge in [0.05, 0.1) is 0 Å². The summed E-state index contributed by atoms with van der Waals surface area (Å²) < 4.78 is 0. The molecule has 0 bridgehead atoms. The Labute approximate surface area is 79.4 Å². The van der Waals surface area contributed by atoms with Gasteiger partial charge in [-0.25, -0.2) is 0 Å². The van der Waals surface area contributed by atoms with E-state index in [0.29, 0.717) is 0 Å². The number of anilines is 1. The molecule has 2 aliphatic rings. The van der Waals surface area contributed by atoms with Gasteiger partial charge in [-0.15, -0.1) is 0 Å². The molecule has 1 aliphatic heterocycles. The molecule has 68 valence electrons. The lowest BCUT2D eigenvalue weighted by molar-refractivity contribution is 0.819. The van der Waals surface area contributed by atoms with Gasteiger partial charge in [-0.3, -0.25) is 0 Å². The molecule has 1 saturated carbocycles. The molecule has 1 aromatic carbocycles. The fourth-order valence-electron chi connectivity index (χ4n) is 2.43. The molecule has 0 aromatic heterocycles. The van der Waals surface area contributed by atoms with E-state index in [2.05, 4.69) is 36.1 Å². The van der Waals surface area contributed by atoms with Crippen molar-refractivity contribution in [1.82, 2.24) is 0 Å². The number of rotatable bonds is 1. The summed E-state index contributed by atoms with van der Waals surface area (Å²) in [5.74, 6) is 2.06. The maximum Gasteiger partial charge on any atom is 0.0369 e. The number of benzene rings is 1. The van der Waals surface area contributed by atoms with Gasteiger partial charge in [0, 0.05) is 18.8 Å². The second kappa shape index (κ2) is 2.50. The largest absolute Gasteiger partial charge is 0.371 e. The van der Waals surface area contributed by atoms with E-state index in [1.807, 2.05) is 0 Å². The van der Waals surface area contributed by atoms with Gasteiger partial charge in [0.25, 0.3) is 0 Å². The van der Waals surface area contributed by atoms with Crippen LogP contribution >= 0.6 is 0 Å². The van der Waals surface area contributed by atoms with Crippen molar-refractivity contribution in [2.75, 3.05) is 18.0 Å². The van der Waals surface area contributed by atoms with Crippen LogP contribution in [0.4, 0.5) is 5.69 Å². The Morgan fingerprint density at radius 1 is 1.23 bits per heavy atom. The van der Waals surface area contributed by atoms with Crippen LogP contribution in [-0.4, -0.2) is 13.1 Å². The van der Waals surface area contributed by atoms with E-state index in [9.17, 15) is 0 Å². The van der Waals surface area contributed by atoms with E-state index >= 15 is 0 Å². The Kier molecular flexibility index (Phi) is 1.43. The minimum atomic E-state index is 1.03. The van der Waals surface area contributed by atoms with Crippen LogP contribution in [0.25, 0.3) is 0 Å². The number of fused-ring (bicyclic) bond motifs is 1. The summed E-state index contributed by atoms with van der Waals surface area (Å²) in [6, 6.07) is 8.86. The highest BCUT2D eigenvalue weighted by Gasteiger charge is 2.44. The molecule has 0 radical (unpaired) electrons. The van der Waals surface area contributed by atoms with Gasteiger partial charge < -0.3 is 4.90 Å². The van der Waals surface area contributed by atoms with Crippen LogP contribution in [-0.2, 0) is 0 Å². The zero-order valence-electron chi connectivity index (χ0n) is 8.03. The van der Waals surface area contributed by atoms with E-state index in [1.54, 1.807) is 0 Å². The molecule has 1 nitrogen and oxygen atoms in total. The Morgan fingerprint density at radius 2 is 2.00 bits per heavy atom. The van der Waals surface area contributed by atoms with Crippen molar-refractivity contribution in [1.29, 1.82) is 0 Å². The number of aryl methyl sites for hydroxylation is 1. The van der Waals surface area contributed by atoms with Crippen molar-refractivity contribution in [2.24, 2.45) is 11.8 Å². The van der Waals surface area contributed by atoms with Crippen molar-refractivity contribution in [2.45, 2.75) is 13.3 Å². The van der Waals surface area contributed by atoms with Gasteiger partial charge in [0.1, 0.15) is 0 Å². The molecule has 3 rings (SSSR count). The Hall–Kier alpha value is -0.980. The highest BCUT2D eigenvalue weighted by molar-refractivity contribution is 5.50. The molecule has 2 atom stereocenters. The molecule has 13 heavy (non-hydrogen) atoms. The van der Waals surface area contributed by atoms with Crippen molar-refractivity contribution in [3.63, 3.8) is 0 Å². The quantitative estimate of drug-likeness (QED) is 0.630. The molecule has 1 heteroatoms. The first-order chi connectivity index (χ1) is 6.33. The lowest BCUT2D eigenvalue weighted by atomic mass is 10.2. The molecule has 1 heterocycles. The summed E-state index contributed by atoms with van der Waals surface area (Å²) >= 11 is 0. The molecule has 2 fully saturated rings. The van der Waals surface area contributed by atoms with E-state index in [1.165, 1.54) is 30.8 Å². The fourth-order valence-corrected chi connectivity index (χ4v) is 2.43. The van der Waals surface area contributed by atoms with Crippen LogP contribution in [0.5, 0.6) is 0 Å². The zero-order chi connectivity index (χ0) is 8.84. The van der Waals surface area contributed by atoms with Crippen molar-refractivity contribution >= 4 is 5.69 Å². The normalized spacial score (nSPS) is 30.4. The number of hydrogen-bond acceptors (Lipinski definition) is 1. The fraction of sp³-hybridized carbons (Fsp3) is 0.500. The first kappa shape index (κ1) is 7.43. The maximum atomic E-state index is 2.53. The summed E-state index contributed by atoms with van der Waals surface area (Å²) in [6.07, 6.45) is 1.49. The first-order valence-electron chi connectivity index (χ1n) is 5.14. The summed E-state index contributed by atoms with van der Waals surface area (Å²) in [5, 5.41) is 0. The summed E-state index contributed by atoms with van der Waals surface area (Å²) in [7, 11) is 0. The monoisotopic (exact) mass is 173 g/mol. The van der Waals surface area contributed by atoms with Crippen LogP contribution in [0.1, 0.15) is 12.0 Å². The van der Waals surface area contributed by atoms with Crippen LogP contribution < -0.4 is 4.90 Å². The Morgan fingerprint density at radius 3 is 2.69 bits per heavy atom. The molecule has 2 unspecified atom stereocenters. The Bertz CT molecular complexity index is 322. The Balaban J connectivity index is 1.84. The third-order valence-electron chi connectivity index (χ3n) is 3.35. The average molecular weight is 173 g/mol. The van der Waals surface area contributed by atoms with Gasteiger partial charge in [-0.05, 0) is 42.9 Å². The zero-order valence-corrected chi connectivity index (χ0v) is 8.03. The predicted molar refractivity (Wildman–Crippen MR) is 55.0 cm³/mol. The predicted octanol–water partition coefficient (Wildman–Crippen LogP) is 2.45. The minimum absolute atomic E-state index is 1.03. The molecule has 1 saturated heterocycles. The van der Waals surface area contributed by atoms with E-state index in [0.717, 1.165) is 11.8 Å². The summed E-state index contributed by atoms with van der Waals surface area (Å²) in [5.41, 5.74) is 2.80. The van der Waals surface area contributed by atoms with Crippen LogP contribution in [0, 0.1) is 18.8 Å². The van der Waals surface area contributed by atoms with Crippen molar-refractivity contribution < 1.29 is 0 Å². The lowest BCUT2D eigenvalue weighted by Gasteiger charge is -2.20. The van der Waals surface area contributed by atoms with Gasteiger partial charge in [-0.2, -0.15) is 0 Å². The highest BCUT2D eigenvalue weighted by Crippen LogP contribution is 2.46. The van der Waals surface area contributed by atoms with E-state index in [4.69, 9.17) is 0 Å². The summed E-state index contributed by atoms with van der Waals surface area (Å²) in [4.78, 5) is 2.53. The topological polar surface area (TPSA) is 3.24 Å². The molecular formula is C12H15N. The molecular weight excluding hydrogens is 158 g/mol. The van der Waals surface area contributed by atoms with Crippen LogP contribution in [0.15, 0.2) is 24.3 Å². The van der Waals surface area contributed by atoms with Gasteiger partial charge >= 0.3 is 0 Å². The number of nitrogens with zero attached hydrogens (tertiary/aromatic N) is 1. The number of piperidine rings is 1. The van der Waals surface area contributed by atoms with Gasteiger partial charge in [0.15, 0.2) is 0 Å². The second-order valence-corrected chi connectivity index (χ2v) is 4.50. The molecule has 0 N–H and O–H groups in total. The van der Waals surface area contributed by atoms with Gasteiger partial charge in [0.2, 0.25) is 0 Å². The average Bonchev–Trinajstić information content (AvgIpc) is 2.74. The SMILES string of the molecule is Cc1cccc(N2CC3CC3C2)c1. The van der Waals surface area contributed by atoms with Crippen LogP contribution in [0.3, 0.4) is 0 Å². The molecule has 1 aliphatic carbocycles. The highest BCUT2D eigenvalue weighted by atomic mass is 15.2. The third-order valence-corrected chi connectivity index (χ3v) is 3.35. The minimum Gasteiger partial charge on any atom is -0.371 e. The smallest absolute Gasteiger partial charge is 0.0369 e. The second-order valence-electron chi connectivity index (χ2n) is 4.50.